The molecule has 1 atom stereocenters. The zero-order valence-corrected chi connectivity index (χ0v) is 11.6. The summed E-state index contributed by atoms with van der Waals surface area (Å²) in [5, 5.41) is 12.4. The Kier molecular flexibility index (Phi) is 3.79. The van der Waals surface area contributed by atoms with Crippen molar-refractivity contribution in [1.29, 1.82) is 0 Å². The maximum Gasteiger partial charge on any atom is 0.326 e. The third kappa shape index (κ3) is 2.66. The summed E-state index contributed by atoms with van der Waals surface area (Å²) in [5.74, 6) is -1.65. The van der Waals surface area contributed by atoms with Crippen molar-refractivity contribution in [2.24, 2.45) is 5.92 Å². The Balaban J connectivity index is 2.27. The molecule has 20 heavy (non-hydrogen) atoms. The van der Waals surface area contributed by atoms with Crippen molar-refractivity contribution >= 4 is 22.8 Å². The Labute approximate surface area is 116 Å². The van der Waals surface area contributed by atoms with E-state index < -0.39 is 17.9 Å². The molecule has 106 valence electrons. The van der Waals surface area contributed by atoms with Crippen LogP contribution < -0.4 is 5.32 Å². The molecule has 1 aromatic carbocycles. The molecule has 5 nitrogen and oxygen atoms in total. The van der Waals surface area contributed by atoms with E-state index in [0.29, 0.717) is 5.58 Å². The average molecular weight is 275 g/mol. The number of benzene rings is 1. The largest absolute Gasteiger partial charge is 0.480 e. The van der Waals surface area contributed by atoms with Crippen molar-refractivity contribution in [3.8, 4) is 0 Å². The summed E-state index contributed by atoms with van der Waals surface area (Å²) in [5.41, 5.74) is 1.58. The first-order valence-corrected chi connectivity index (χ1v) is 6.43. The number of fused-ring (bicyclic) bond motifs is 1. The fourth-order valence-corrected chi connectivity index (χ4v) is 2.05. The highest BCUT2D eigenvalue weighted by Crippen LogP contribution is 2.22. The normalized spacial score (nSPS) is 12.6. The number of carbonyl (C=O) groups is 2. The standard InChI is InChI=1S/C15H17NO4/c1-8(2)12(15(18)19)16-14(17)11-7-10-6-4-5-9(3)13(10)20-11/h4-8,12H,1-3H3,(H,16,17)(H,18,19)/t12-/m0/s1. The number of furan rings is 1. The molecular weight excluding hydrogens is 258 g/mol. The molecule has 0 aliphatic carbocycles. The van der Waals surface area contributed by atoms with Crippen LogP contribution in [0.1, 0.15) is 30.0 Å². The van der Waals surface area contributed by atoms with Gasteiger partial charge in [0.25, 0.3) is 5.91 Å². The topological polar surface area (TPSA) is 79.5 Å². The summed E-state index contributed by atoms with van der Waals surface area (Å²) in [6, 6.07) is 6.30. The maximum atomic E-state index is 12.1. The number of carbonyl (C=O) groups excluding carboxylic acids is 1. The second kappa shape index (κ2) is 5.36. The van der Waals surface area contributed by atoms with Gasteiger partial charge < -0.3 is 14.8 Å². The summed E-state index contributed by atoms with van der Waals surface area (Å²) in [6.07, 6.45) is 0. The average Bonchev–Trinajstić information content (AvgIpc) is 2.80. The van der Waals surface area contributed by atoms with E-state index in [1.807, 2.05) is 25.1 Å². The van der Waals surface area contributed by atoms with Crippen molar-refractivity contribution in [2.75, 3.05) is 0 Å². The Morgan fingerprint density at radius 3 is 2.55 bits per heavy atom. The highest BCUT2D eigenvalue weighted by Gasteiger charge is 2.25. The third-order valence-corrected chi connectivity index (χ3v) is 3.18. The molecule has 0 aliphatic heterocycles. The van der Waals surface area contributed by atoms with Crippen LogP contribution in [0.5, 0.6) is 0 Å². The molecule has 1 heterocycles. The molecule has 1 amide bonds. The van der Waals surface area contributed by atoms with Crippen molar-refractivity contribution in [3.63, 3.8) is 0 Å². The predicted molar refractivity (Wildman–Crippen MR) is 74.7 cm³/mol. The van der Waals surface area contributed by atoms with E-state index in [2.05, 4.69) is 5.32 Å². The molecule has 2 aromatic rings. The van der Waals surface area contributed by atoms with Gasteiger partial charge in [0.05, 0.1) is 0 Å². The smallest absolute Gasteiger partial charge is 0.326 e. The van der Waals surface area contributed by atoms with Crippen molar-refractivity contribution in [1.82, 2.24) is 5.32 Å². The van der Waals surface area contributed by atoms with E-state index in [0.717, 1.165) is 10.9 Å². The van der Waals surface area contributed by atoms with Crippen LogP contribution in [0.15, 0.2) is 28.7 Å². The summed E-state index contributed by atoms with van der Waals surface area (Å²) in [6.45, 7) is 5.37. The van der Waals surface area contributed by atoms with E-state index >= 15 is 0 Å². The van der Waals surface area contributed by atoms with Gasteiger partial charge in [-0.05, 0) is 24.5 Å². The molecule has 0 unspecified atom stereocenters. The van der Waals surface area contributed by atoms with Crippen LogP contribution in [0.4, 0.5) is 0 Å². The Hall–Kier alpha value is -2.30. The number of para-hydroxylation sites is 1. The molecule has 0 spiro atoms. The lowest BCUT2D eigenvalue weighted by molar-refractivity contribution is -0.140. The zero-order valence-electron chi connectivity index (χ0n) is 11.6. The molecule has 1 aromatic heterocycles. The summed E-state index contributed by atoms with van der Waals surface area (Å²) in [7, 11) is 0. The highest BCUT2D eigenvalue weighted by atomic mass is 16.4. The quantitative estimate of drug-likeness (QED) is 0.898. The molecule has 0 radical (unpaired) electrons. The van der Waals surface area contributed by atoms with Crippen LogP contribution in [0.3, 0.4) is 0 Å². The van der Waals surface area contributed by atoms with Crippen LogP contribution in [-0.4, -0.2) is 23.0 Å². The fraction of sp³-hybridized carbons (Fsp3) is 0.333. The molecule has 2 rings (SSSR count). The highest BCUT2D eigenvalue weighted by molar-refractivity contribution is 5.98. The van der Waals surface area contributed by atoms with Crippen LogP contribution in [0, 0.1) is 12.8 Å². The minimum absolute atomic E-state index is 0.126. The monoisotopic (exact) mass is 275 g/mol. The Bertz CT molecular complexity index is 657. The first kappa shape index (κ1) is 14.1. The number of aliphatic carboxylic acids is 1. The molecule has 0 saturated heterocycles. The zero-order chi connectivity index (χ0) is 14.9. The minimum Gasteiger partial charge on any atom is -0.480 e. The van der Waals surface area contributed by atoms with Crippen LogP contribution in [-0.2, 0) is 4.79 Å². The van der Waals surface area contributed by atoms with Gasteiger partial charge in [-0.15, -0.1) is 0 Å². The van der Waals surface area contributed by atoms with Gasteiger partial charge >= 0.3 is 5.97 Å². The summed E-state index contributed by atoms with van der Waals surface area (Å²) in [4.78, 5) is 23.2. The van der Waals surface area contributed by atoms with Gasteiger partial charge in [-0.1, -0.05) is 32.0 Å². The molecule has 0 fully saturated rings. The third-order valence-electron chi connectivity index (χ3n) is 3.18. The number of amides is 1. The molecule has 5 heteroatoms. The molecule has 0 bridgehead atoms. The lowest BCUT2D eigenvalue weighted by atomic mass is 10.0. The maximum absolute atomic E-state index is 12.1. The van der Waals surface area contributed by atoms with Crippen LogP contribution in [0.2, 0.25) is 0 Å². The van der Waals surface area contributed by atoms with Crippen LogP contribution in [0.25, 0.3) is 11.0 Å². The first-order valence-electron chi connectivity index (χ1n) is 6.43. The molecular formula is C15H17NO4. The number of nitrogens with one attached hydrogen (secondary N) is 1. The van der Waals surface area contributed by atoms with Gasteiger partial charge in [-0.2, -0.15) is 0 Å². The van der Waals surface area contributed by atoms with Gasteiger partial charge in [0.2, 0.25) is 0 Å². The SMILES string of the molecule is Cc1cccc2cc(C(=O)N[C@H](C(=O)O)C(C)C)oc12. The van der Waals surface area contributed by atoms with Gasteiger partial charge in [0, 0.05) is 5.39 Å². The number of aryl methyl sites for hydroxylation is 1. The minimum atomic E-state index is -1.05. The molecule has 2 N–H and O–H groups in total. The number of hydrogen-bond acceptors (Lipinski definition) is 3. The molecule has 0 aliphatic rings. The fourth-order valence-electron chi connectivity index (χ4n) is 2.05. The number of rotatable bonds is 4. The van der Waals surface area contributed by atoms with Gasteiger partial charge in [0.15, 0.2) is 5.76 Å². The lowest BCUT2D eigenvalue weighted by Gasteiger charge is -2.16. The van der Waals surface area contributed by atoms with E-state index in [-0.39, 0.29) is 11.7 Å². The second-order valence-electron chi connectivity index (χ2n) is 5.14. The van der Waals surface area contributed by atoms with Gasteiger partial charge in [-0.25, -0.2) is 4.79 Å². The van der Waals surface area contributed by atoms with Crippen molar-refractivity contribution < 1.29 is 19.1 Å². The Morgan fingerprint density at radius 2 is 2.00 bits per heavy atom. The van der Waals surface area contributed by atoms with Gasteiger partial charge in [0.1, 0.15) is 11.6 Å². The summed E-state index contributed by atoms with van der Waals surface area (Å²) >= 11 is 0. The number of carboxylic acids is 1. The van der Waals surface area contributed by atoms with E-state index in [4.69, 9.17) is 9.52 Å². The number of carboxylic acid groups (broad SMARTS) is 1. The Morgan fingerprint density at radius 1 is 1.30 bits per heavy atom. The van der Waals surface area contributed by atoms with Gasteiger partial charge in [-0.3, -0.25) is 4.79 Å². The van der Waals surface area contributed by atoms with E-state index in [1.54, 1.807) is 19.9 Å². The van der Waals surface area contributed by atoms with Crippen molar-refractivity contribution in [2.45, 2.75) is 26.8 Å². The van der Waals surface area contributed by atoms with E-state index in [1.165, 1.54) is 0 Å². The number of hydrogen-bond donors (Lipinski definition) is 2. The predicted octanol–water partition coefficient (Wildman–Crippen LogP) is 2.58. The van der Waals surface area contributed by atoms with E-state index in [9.17, 15) is 9.59 Å². The molecule has 0 saturated carbocycles. The summed E-state index contributed by atoms with van der Waals surface area (Å²) < 4.78 is 5.52. The lowest BCUT2D eigenvalue weighted by Crippen LogP contribution is -2.44. The van der Waals surface area contributed by atoms with Crippen LogP contribution >= 0.6 is 0 Å². The van der Waals surface area contributed by atoms with Crippen molar-refractivity contribution in [3.05, 3.63) is 35.6 Å². The first-order chi connectivity index (χ1) is 9.40. The second-order valence-corrected chi connectivity index (χ2v) is 5.14.